The van der Waals surface area contributed by atoms with Crippen LogP contribution in [0.15, 0.2) is 48.5 Å². The highest BCUT2D eigenvalue weighted by Gasteiger charge is 2.49. The van der Waals surface area contributed by atoms with Gasteiger partial charge in [-0.15, -0.1) is 5.54 Å². The molecule has 0 bridgehead atoms. The van der Waals surface area contributed by atoms with Crippen molar-refractivity contribution in [3.8, 4) is 23.0 Å². The lowest BCUT2D eigenvalue weighted by molar-refractivity contribution is -0.244. The van der Waals surface area contributed by atoms with Gasteiger partial charge >= 0.3 is 0 Å². The average Bonchev–Trinajstić information content (AvgIpc) is 2.98. The van der Waals surface area contributed by atoms with Gasteiger partial charge in [-0.3, -0.25) is 0 Å². The van der Waals surface area contributed by atoms with E-state index >= 15 is 0 Å². The number of aliphatic hydroxyl groups excluding tert-OH is 1. The van der Waals surface area contributed by atoms with Crippen molar-refractivity contribution >= 4 is 16.4 Å². The van der Waals surface area contributed by atoms with Gasteiger partial charge in [0.2, 0.25) is 0 Å². The predicted molar refractivity (Wildman–Crippen MR) is 181 cm³/mol. The highest BCUT2D eigenvalue weighted by atomic mass is 28.4. The second-order valence-corrected chi connectivity index (χ2v) is 23.4. The van der Waals surface area contributed by atoms with Crippen LogP contribution >= 0.6 is 0 Å². The molecule has 244 valence electrons. The standard InChI is InChI=1S/C35H54O7Si2/c1-25(2)35(3,4)44(10,11)41-24-31-32(36)34(40-23-27-14-18-29(38-6)19-15-27)33(30(42-31)20-21-43(7,8)9)39-22-26-12-16-28(37-5)17-13-26/h12-19,25,30-34,36H,22-24H2,1-11H3/t30-,31+,32+,33-,34-/m0/s1. The highest BCUT2D eigenvalue weighted by Crippen LogP contribution is 2.45. The Morgan fingerprint density at radius 1 is 0.818 bits per heavy atom. The van der Waals surface area contributed by atoms with Crippen LogP contribution in [0.5, 0.6) is 11.5 Å². The summed E-state index contributed by atoms with van der Waals surface area (Å²) < 4.78 is 36.9. The van der Waals surface area contributed by atoms with Crippen molar-refractivity contribution in [2.75, 3.05) is 20.8 Å². The van der Waals surface area contributed by atoms with E-state index < -0.39 is 46.9 Å². The van der Waals surface area contributed by atoms with Crippen molar-refractivity contribution < 1.29 is 33.2 Å². The Hall–Kier alpha value is -2.17. The molecule has 1 N–H and O–H groups in total. The SMILES string of the molecule is COc1ccc(CO[C@@H]2[C@@H](OCc3ccc(OC)cc3)[C@H](O)[C@@H](CO[Si](C)(C)C(C)(C)C(C)C)O[C@H]2C#C[Si](C)(C)C)cc1. The van der Waals surface area contributed by atoms with Crippen LogP contribution in [-0.4, -0.2) is 72.8 Å². The van der Waals surface area contributed by atoms with Crippen LogP contribution in [-0.2, 0) is 31.9 Å². The largest absolute Gasteiger partial charge is 0.497 e. The maximum absolute atomic E-state index is 11.8. The summed E-state index contributed by atoms with van der Waals surface area (Å²) in [4.78, 5) is 0. The maximum atomic E-state index is 11.8. The fraction of sp³-hybridized carbons (Fsp3) is 0.600. The molecule has 2 aromatic carbocycles. The normalized spacial score (nSPS) is 22.8. The molecular weight excluding hydrogens is 589 g/mol. The third kappa shape index (κ3) is 9.67. The molecule has 1 aliphatic heterocycles. The van der Waals surface area contributed by atoms with Crippen molar-refractivity contribution in [1.82, 2.24) is 0 Å². The number of hydrogen-bond acceptors (Lipinski definition) is 7. The van der Waals surface area contributed by atoms with Crippen LogP contribution in [0.2, 0.25) is 37.8 Å². The minimum absolute atomic E-state index is 0.0257. The van der Waals surface area contributed by atoms with Crippen molar-refractivity contribution in [3.63, 3.8) is 0 Å². The molecular formula is C35H54O7Si2. The van der Waals surface area contributed by atoms with Gasteiger partial charge < -0.3 is 33.2 Å². The highest BCUT2D eigenvalue weighted by molar-refractivity contribution is 6.83. The summed E-state index contributed by atoms with van der Waals surface area (Å²) in [5.74, 6) is 5.40. The molecule has 0 unspecified atom stereocenters. The second kappa shape index (κ2) is 15.4. The Morgan fingerprint density at radius 3 is 1.73 bits per heavy atom. The van der Waals surface area contributed by atoms with Crippen LogP contribution in [0, 0.1) is 17.4 Å². The van der Waals surface area contributed by atoms with E-state index in [4.69, 9.17) is 28.1 Å². The fourth-order valence-electron chi connectivity index (χ4n) is 4.84. The van der Waals surface area contributed by atoms with Crippen LogP contribution in [0.25, 0.3) is 0 Å². The van der Waals surface area contributed by atoms with E-state index in [2.05, 4.69) is 71.9 Å². The molecule has 1 aliphatic rings. The molecule has 1 fully saturated rings. The van der Waals surface area contributed by atoms with Gasteiger partial charge in [0.1, 0.15) is 50.1 Å². The second-order valence-electron chi connectivity index (χ2n) is 14.1. The topological polar surface area (TPSA) is 75.6 Å². The third-order valence-corrected chi connectivity index (χ3v) is 14.5. The number of aliphatic hydroxyl groups is 1. The molecule has 0 spiro atoms. The zero-order valence-corrected chi connectivity index (χ0v) is 30.6. The molecule has 2 aromatic rings. The molecule has 3 rings (SSSR count). The summed E-state index contributed by atoms with van der Waals surface area (Å²) in [5.41, 5.74) is 5.41. The van der Waals surface area contributed by atoms with E-state index in [-0.39, 0.29) is 18.3 Å². The summed E-state index contributed by atoms with van der Waals surface area (Å²) in [6.07, 6.45) is -3.51. The predicted octanol–water partition coefficient (Wildman–Crippen LogP) is 6.84. The zero-order chi connectivity index (χ0) is 32.7. The van der Waals surface area contributed by atoms with Crippen molar-refractivity contribution in [1.29, 1.82) is 0 Å². The fourth-order valence-corrected chi connectivity index (χ4v) is 7.76. The quantitative estimate of drug-likeness (QED) is 0.189. The lowest BCUT2D eigenvalue weighted by atomic mass is 9.94. The zero-order valence-electron chi connectivity index (χ0n) is 28.6. The monoisotopic (exact) mass is 642 g/mol. The summed E-state index contributed by atoms with van der Waals surface area (Å²) in [7, 11) is -0.635. The molecule has 5 atom stereocenters. The van der Waals surface area contributed by atoms with Crippen molar-refractivity contribution in [3.05, 3.63) is 59.7 Å². The minimum Gasteiger partial charge on any atom is -0.497 e. The Kier molecular flexibility index (Phi) is 12.7. The van der Waals surface area contributed by atoms with Gasteiger partial charge in [-0.05, 0) is 59.4 Å². The third-order valence-electron chi connectivity index (χ3n) is 9.06. The van der Waals surface area contributed by atoms with E-state index in [0.29, 0.717) is 12.5 Å². The molecule has 0 aromatic heterocycles. The van der Waals surface area contributed by atoms with Crippen LogP contribution in [0.3, 0.4) is 0 Å². The van der Waals surface area contributed by atoms with Gasteiger partial charge in [-0.1, -0.05) is 77.5 Å². The van der Waals surface area contributed by atoms with E-state index in [1.165, 1.54) is 0 Å². The first-order chi connectivity index (χ1) is 20.6. The summed E-state index contributed by atoms with van der Waals surface area (Å²) in [6.45, 7) is 20.9. The molecule has 0 amide bonds. The Bertz CT molecular complexity index is 1230. The summed E-state index contributed by atoms with van der Waals surface area (Å²) in [5, 5.41) is 11.8. The van der Waals surface area contributed by atoms with Crippen molar-refractivity contribution in [2.45, 2.75) is 109 Å². The summed E-state index contributed by atoms with van der Waals surface area (Å²) in [6, 6.07) is 15.5. The summed E-state index contributed by atoms with van der Waals surface area (Å²) >= 11 is 0. The van der Waals surface area contributed by atoms with Gasteiger partial charge in [0.25, 0.3) is 0 Å². The molecule has 44 heavy (non-hydrogen) atoms. The molecule has 1 saturated heterocycles. The minimum atomic E-state index is -2.18. The molecule has 9 heteroatoms. The number of ether oxygens (including phenoxy) is 5. The van der Waals surface area contributed by atoms with Gasteiger partial charge in [0, 0.05) is 0 Å². The molecule has 0 radical (unpaired) electrons. The Labute approximate surface area is 267 Å². The molecule has 0 saturated carbocycles. The first-order valence-corrected chi connectivity index (χ1v) is 22.0. The lowest BCUT2D eigenvalue weighted by Gasteiger charge is -2.46. The molecule has 1 heterocycles. The van der Waals surface area contributed by atoms with E-state index in [1.54, 1.807) is 14.2 Å². The Morgan fingerprint density at radius 2 is 1.30 bits per heavy atom. The maximum Gasteiger partial charge on any atom is 0.192 e. The number of hydrogen-bond donors (Lipinski definition) is 1. The van der Waals surface area contributed by atoms with Crippen molar-refractivity contribution in [2.24, 2.45) is 5.92 Å². The number of methoxy groups -OCH3 is 2. The van der Waals surface area contributed by atoms with Crippen LogP contribution in [0.1, 0.15) is 38.8 Å². The Balaban J connectivity index is 1.92. The molecule has 0 aliphatic carbocycles. The molecule has 7 nitrogen and oxygen atoms in total. The van der Waals surface area contributed by atoms with Crippen LogP contribution in [0.4, 0.5) is 0 Å². The first-order valence-electron chi connectivity index (χ1n) is 15.6. The van der Waals surface area contributed by atoms with Crippen LogP contribution < -0.4 is 9.47 Å². The smallest absolute Gasteiger partial charge is 0.192 e. The van der Waals surface area contributed by atoms with E-state index in [0.717, 1.165) is 22.6 Å². The van der Waals surface area contributed by atoms with E-state index in [9.17, 15) is 5.11 Å². The number of benzene rings is 2. The van der Waals surface area contributed by atoms with Gasteiger partial charge in [-0.2, -0.15) is 0 Å². The van der Waals surface area contributed by atoms with Gasteiger partial charge in [-0.25, -0.2) is 0 Å². The first kappa shape index (κ1) is 36.3. The average molecular weight is 643 g/mol. The van der Waals surface area contributed by atoms with Gasteiger partial charge in [0.05, 0.1) is 34.0 Å². The van der Waals surface area contributed by atoms with E-state index in [1.807, 2.05) is 48.5 Å². The number of rotatable bonds is 13. The van der Waals surface area contributed by atoms with Gasteiger partial charge in [0.15, 0.2) is 8.32 Å². The lowest BCUT2D eigenvalue weighted by Crippen LogP contribution is -2.61.